The van der Waals surface area contributed by atoms with Gasteiger partial charge in [-0.2, -0.15) is 0 Å². The molecule has 0 aliphatic heterocycles. The minimum absolute atomic E-state index is 0.205. The van der Waals surface area contributed by atoms with Crippen molar-refractivity contribution in [1.82, 2.24) is 0 Å². The van der Waals surface area contributed by atoms with Crippen molar-refractivity contribution in [1.29, 1.82) is 0 Å². The van der Waals surface area contributed by atoms with Gasteiger partial charge < -0.3 is 14.6 Å². The molecule has 0 saturated heterocycles. The van der Waals surface area contributed by atoms with Gasteiger partial charge >= 0.3 is 5.97 Å². The normalized spacial score (nSPS) is 24.3. The van der Waals surface area contributed by atoms with Crippen LogP contribution in [0.5, 0.6) is 5.75 Å². The molecule has 4 nitrogen and oxygen atoms in total. The van der Waals surface area contributed by atoms with Gasteiger partial charge in [0.1, 0.15) is 5.75 Å². The van der Waals surface area contributed by atoms with E-state index in [4.69, 9.17) is 9.47 Å². The molecule has 0 bridgehead atoms. The molecular weight excluding hydrogens is 292 g/mol. The molecule has 1 aliphatic carbocycles. The quantitative estimate of drug-likeness (QED) is 0.731. The van der Waals surface area contributed by atoms with E-state index >= 15 is 0 Å². The van der Waals surface area contributed by atoms with Crippen molar-refractivity contribution in [3.05, 3.63) is 29.8 Å². The van der Waals surface area contributed by atoms with Crippen molar-refractivity contribution in [3.8, 4) is 5.75 Å². The molecular formula is C19H28O4. The molecule has 1 saturated carbocycles. The monoisotopic (exact) mass is 320 g/mol. The van der Waals surface area contributed by atoms with Crippen LogP contribution in [0, 0.1) is 0 Å². The van der Waals surface area contributed by atoms with Crippen LogP contribution in [0.15, 0.2) is 24.3 Å². The highest BCUT2D eigenvalue weighted by molar-refractivity contribution is 5.81. The Kier molecular flexibility index (Phi) is 6.46. The summed E-state index contributed by atoms with van der Waals surface area (Å²) in [6.07, 6.45) is 5.28. The average molecular weight is 320 g/mol. The van der Waals surface area contributed by atoms with E-state index in [1.165, 1.54) is 0 Å². The topological polar surface area (TPSA) is 55.8 Å². The Morgan fingerprint density at radius 1 is 1.22 bits per heavy atom. The van der Waals surface area contributed by atoms with Crippen molar-refractivity contribution in [2.45, 2.75) is 63.9 Å². The predicted octanol–water partition coefficient (Wildman–Crippen LogP) is 4.17. The van der Waals surface area contributed by atoms with Crippen molar-refractivity contribution in [2.75, 3.05) is 13.2 Å². The van der Waals surface area contributed by atoms with E-state index in [9.17, 15) is 9.90 Å². The van der Waals surface area contributed by atoms with E-state index < -0.39 is 11.4 Å². The molecule has 0 atom stereocenters. The Morgan fingerprint density at radius 2 is 1.87 bits per heavy atom. The maximum Gasteiger partial charge on any atom is 0.314 e. The third-order valence-electron chi connectivity index (χ3n) is 4.76. The van der Waals surface area contributed by atoms with Crippen molar-refractivity contribution < 1.29 is 19.4 Å². The third kappa shape index (κ3) is 4.25. The summed E-state index contributed by atoms with van der Waals surface area (Å²) in [6, 6.07) is 7.54. The molecule has 0 amide bonds. The van der Waals surface area contributed by atoms with E-state index in [-0.39, 0.29) is 6.10 Å². The van der Waals surface area contributed by atoms with Gasteiger partial charge in [-0.05, 0) is 56.7 Å². The SMILES string of the molecule is CCCCOC1CCC(C(=O)O)(c2ccc(OCC)cc2)CC1. The molecule has 0 unspecified atom stereocenters. The average Bonchev–Trinajstić information content (AvgIpc) is 2.57. The predicted molar refractivity (Wildman–Crippen MR) is 90.0 cm³/mol. The molecule has 128 valence electrons. The maximum atomic E-state index is 12.0. The fourth-order valence-corrected chi connectivity index (χ4v) is 3.31. The van der Waals surface area contributed by atoms with Gasteiger partial charge in [-0.1, -0.05) is 25.5 Å². The number of carboxylic acid groups (broad SMARTS) is 1. The number of aliphatic carboxylic acids is 1. The molecule has 0 heterocycles. The molecule has 1 N–H and O–H groups in total. The van der Waals surface area contributed by atoms with Crippen LogP contribution in [-0.4, -0.2) is 30.4 Å². The smallest absolute Gasteiger partial charge is 0.314 e. The molecule has 1 aromatic carbocycles. The molecule has 23 heavy (non-hydrogen) atoms. The van der Waals surface area contributed by atoms with Crippen LogP contribution >= 0.6 is 0 Å². The standard InChI is InChI=1S/C19H28O4/c1-3-5-14-23-17-10-12-19(13-11-17,18(20)21)15-6-8-16(9-7-15)22-4-2/h6-9,17H,3-5,10-14H2,1-2H3,(H,20,21). The first-order valence-corrected chi connectivity index (χ1v) is 8.70. The van der Waals surface area contributed by atoms with Gasteiger partial charge in [0.15, 0.2) is 0 Å². The lowest BCUT2D eigenvalue weighted by molar-refractivity contribution is -0.146. The number of hydrogen-bond acceptors (Lipinski definition) is 3. The third-order valence-corrected chi connectivity index (χ3v) is 4.76. The zero-order valence-corrected chi connectivity index (χ0v) is 14.2. The van der Waals surface area contributed by atoms with Crippen molar-refractivity contribution >= 4 is 5.97 Å². The lowest BCUT2D eigenvalue weighted by atomic mass is 9.68. The minimum atomic E-state index is -0.782. The summed E-state index contributed by atoms with van der Waals surface area (Å²) in [6.45, 7) is 5.47. The number of ether oxygens (including phenoxy) is 2. The van der Waals surface area contributed by atoms with Crippen LogP contribution in [0.1, 0.15) is 57.9 Å². The van der Waals surface area contributed by atoms with Gasteiger partial charge in [0.25, 0.3) is 0 Å². The number of carbonyl (C=O) groups is 1. The summed E-state index contributed by atoms with van der Waals surface area (Å²) in [4.78, 5) is 12.0. The molecule has 1 fully saturated rings. The zero-order valence-electron chi connectivity index (χ0n) is 14.2. The Morgan fingerprint density at radius 3 is 2.39 bits per heavy atom. The van der Waals surface area contributed by atoms with Gasteiger partial charge in [-0.25, -0.2) is 0 Å². The summed E-state index contributed by atoms with van der Waals surface area (Å²) in [5.41, 5.74) is 0.0930. The molecule has 2 rings (SSSR count). The molecule has 0 radical (unpaired) electrons. The van der Waals surface area contributed by atoms with Gasteiger partial charge in [-0.3, -0.25) is 4.79 Å². The van der Waals surface area contributed by atoms with E-state index in [1.54, 1.807) is 0 Å². The van der Waals surface area contributed by atoms with E-state index in [1.807, 2.05) is 31.2 Å². The van der Waals surface area contributed by atoms with Crippen LogP contribution in [0.4, 0.5) is 0 Å². The van der Waals surface area contributed by atoms with Crippen LogP contribution in [0.3, 0.4) is 0 Å². The van der Waals surface area contributed by atoms with Crippen molar-refractivity contribution in [2.24, 2.45) is 0 Å². The first-order chi connectivity index (χ1) is 11.1. The molecule has 0 aromatic heterocycles. The first-order valence-electron chi connectivity index (χ1n) is 8.70. The Hall–Kier alpha value is -1.55. The van der Waals surface area contributed by atoms with Gasteiger partial charge in [0.05, 0.1) is 18.1 Å². The first kappa shape index (κ1) is 17.8. The number of benzene rings is 1. The summed E-state index contributed by atoms with van der Waals surface area (Å²) >= 11 is 0. The maximum absolute atomic E-state index is 12.0. The number of rotatable bonds is 8. The highest BCUT2D eigenvalue weighted by atomic mass is 16.5. The van der Waals surface area contributed by atoms with E-state index in [2.05, 4.69) is 6.92 Å². The molecule has 0 spiro atoms. The molecule has 4 heteroatoms. The molecule has 1 aromatic rings. The molecule has 1 aliphatic rings. The zero-order chi connectivity index (χ0) is 16.7. The van der Waals surface area contributed by atoms with Gasteiger partial charge in [0.2, 0.25) is 0 Å². The van der Waals surface area contributed by atoms with E-state index in [0.29, 0.717) is 19.4 Å². The lowest BCUT2D eigenvalue weighted by Crippen LogP contribution is -2.41. The second-order valence-corrected chi connectivity index (χ2v) is 6.27. The summed E-state index contributed by atoms with van der Waals surface area (Å²) in [7, 11) is 0. The fourth-order valence-electron chi connectivity index (χ4n) is 3.31. The van der Waals surface area contributed by atoms with Crippen LogP contribution in [0.25, 0.3) is 0 Å². The Bertz CT molecular complexity index is 487. The minimum Gasteiger partial charge on any atom is -0.494 e. The Labute approximate surface area is 138 Å². The number of hydrogen-bond donors (Lipinski definition) is 1. The van der Waals surface area contributed by atoms with Gasteiger partial charge in [-0.15, -0.1) is 0 Å². The Balaban J connectivity index is 2.05. The second kappa shape index (κ2) is 8.34. The highest BCUT2D eigenvalue weighted by Gasteiger charge is 2.43. The van der Waals surface area contributed by atoms with E-state index in [0.717, 1.165) is 43.6 Å². The summed E-state index contributed by atoms with van der Waals surface area (Å²) in [5.74, 6) is 0.0574. The number of carboxylic acids is 1. The highest BCUT2D eigenvalue weighted by Crippen LogP contribution is 2.41. The largest absolute Gasteiger partial charge is 0.494 e. The van der Waals surface area contributed by atoms with Crippen LogP contribution in [0.2, 0.25) is 0 Å². The van der Waals surface area contributed by atoms with Crippen LogP contribution < -0.4 is 4.74 Å². The number of unbranched alkanes of at least 4 members (excludes halogenated alkanes) is 1. The van der Waals surface area contributed by atoms with Crippen molar-refractivity contribution in [3.63, 3.8) is 0 Å². The van der Waals surface area contributed by atoms with Gasteiger partial charge in [0, 0.05) is 6.61 Å². The summed E-state index contributed by atoms with van der Waals surface area (Å²) < 4.78 is 11.3. The van der Waals surface area contributed by atoms with Crippen LogP contribution in [-0.2, 0) is 14.9 Å². The lowest BCUT2D eigenvalue weighted by Gasteiger charge is -2.37. The fraction of sp³-hybridized carbons (Fsp3) is 0.632. The second-order valence-electron chi connectivity index (χ2n) is 6.27. The summed E-state index contributed by atoms with van der Waals surface area (Å²) in [5, 5.41) is 9.84.